The van der Waals surface area contributed by atoms with Gasteiger partial charge in [0.05, 0.1) is 33.4 Å². The van der Waals surface area contributed by atoms with E-state index in [9.17, 15) is 9.59 Å². The minimum atomic E-state index is -0.170. The number of hydrazine groups is 1. The third-order valence-corrected chi connectivity index (χ3v) is 9.93. The number of Topliss-reactive ketones (excluding diaryl/α,β-unsaturated/α-hetero) is 2. The van der Waals surface area contributed by atoms with Gasteiger partial charge in [0, 0.05) is 45.8 Å². The maximum Gasteiger partial charge on any atom is 0.198 e. The molecule has 55 heavy (non-hydrogen) atoms. The van der Waals surface area contributed by atoms with Gasteiger partial charge in [0.15, 0.2) is 11.6 Å². The van der Waals surface area contributed by atoms with Crippen LogP contribution in [0.3, 0.4) is 0 Å². The largest absolute Gasteiger partial charge is 0.307 e. The van der Waals surface area contributed by atoms with Gasteiger partial charge in [-0.05, 0) is 73.5 Å². The summed E-state index contributed by atoms with van der Waals surface area (Å²) in [6.45, 7) is 0. The minimum Gasteiger partial charge on any atom is -0.307 e. The molecular weight excluding hydrogens is 700 g/mol. The fraction of sp³-hybridized carbons (Fsp3) is 0.0833. The van der Waals surface area contributed by atoms with Crippen LogP contribution in [-0.2, 0) is 9.59 Å². The molecule has 7 heteroatoms. The third-order valence-electron chi connectivity index (χ3n) is 9.93. The number of fused-ring (bicyclic) bond motifs is 7. The second-order valence-electron chi connectivity index (χ2n) is 13.3. The number of anilines is 2. The second kappa shape index (κ2) is 16.7. The Bertz CT molecular complexity index is 2520. The van der Waals surface area contributed by atoms with E-state index in [-0.39, 0.29) is 24.0 Å². The molecule has 0 aliphatic heterocycles. The monoisotopic (exact) mass is 740 g/mol. The van der Waals surface area contributed by atoms with Crippen molar-refractivity contribution in [1.82, 2.24) is 9.13 Å². The SMILES string of the molecule is Cl.NN(c1ccccc1)c1ccccc1.O=C1CCCCC1=O.c1ccc(-n2c3ccccc3c3ccc4c5ccccc5n(-c5ccccc5)c4c32)cc1. The molecule has 1 aliphatic rings. The molecule has 0 unspecified atom stereocenters. The maximum absolute atomic E-state index is 10.4. The molecule has 0 spiro atoms. The Morgan fingerprint density at radius 1 is 0.400 bits per heavy atom. The molecular formula is C48H41ClN4O2. The number of hydrogen-bond donors (Lipinski definition) is 1. The molecule has 272 valence electrons. The molecule has 10 rings (SSSR count). The highest BCUT2D eigenvalue weighted by atomic mass is 35.5. The molecule has 0 amide bonds. The second-order valence-corrected chi connectivity index (χ2v) is 13.3. The number of para-hydroxylation sites is 6. The van der Waals surface area contributed by atoms with E-state index in [0.29, 0.717) is 12.8 Å². The fourth-order valence-corrected chi connectivity index (χ4v) is 7.37. The first kappa shape index (κ1) is 36.9. The molecule has 2 heterocycles. The van der Waals surface area contributed by atoms with Crippen molar-refractivity contribution in [2.24, 2.45) is 5.84 Å². The number of aromatic nitrogens is 2. The van der Waals surface area contributed by atoms with Gasteiger partial charge in [0.2, 0.25) is 0 Å². The lowest BCUT2D eigenvalue weighted by molar-refractivity contribution is -0.137. The van der Waals surface area contributed by atoms with E-state index in [1.165, 1.54) is 55.0 Å². The predicted molar refractivity (Wildman–Crippen MR) is 230 cm³/mol. The lowest BCUT2D eigenvalue weighted by Crippen LogP contribution is -2.24. The molecule has 2 aromatic heterocycles. The number of ketones is 2. The Labute approximate surface area is 326 Å². The zero-order chi connectivity index (χ0) is 36.9. The Hall–Kier alpha value is -6.47. The standard InChI is InChI=1S/C30H20N2.C12H12N2.C6H8O2.ClH/c1-3-11-21(12-4-1)31-27-17-9-7-15-23(27)25-19-20-26-24-16-8-10-18-28(24)32(30(26)29(25)31)22-13-5-2-6-14-22;13-14(11-7-3-1-4-8-11)12-9-5-2-6-10-12;7-5-3-1-2-4-6(5)8;/h1-20H;1-10H,13H2;1-4H2;1H. The van der Waals surface area contributed by atoms with Gasteiger partial charge in [-0.15, -0.1) is 12.4 Å². The van der Waals surface area contributed by atoms with Gasteiger partial charge in [0.25, 0.3) is 0 Å². The number of hydrogen-bond acceptors (Lipinski definition) is 4. The number of benzene rings is 7. The van der Waals surface area contributed by atoms with E-state index in [0.717, 1.165) is 24.2 Å². The molecule has 6 nitrogen and oxygen atoms in total. The summed E-state index contributed by atoms with van der Waals surface area (Å²) in [5, 5.41) is 6.77. The summed E-state index contributed by atoms with van der Waals surface area (Å²) in [5.41, 5.74) is 9.27. The summed E-state index contributed by atoms with van der Waals surface area (Å²) in [6, 6.07) is 63.2. The summed E-state index contributed by atoms with van der Waals surface area (Å²) in [6.07, 6.45) is 2.78. The highest BCUT2D eigenvalue weighted by Crippen LogP contribution is 2.41. The molecule has 1 aliphatic carbocycles. The smallest absolute Gasteiger partial charge is 0.198 e. The number of carbonyl (C=O) groups excluding carboxylic acids is 2. The summed E-state index contributed by atoms with van der Waals surface area (Å²) in [5.74, 6) is 5.61. The lowest BCUT2D eigenvalue weighted by atomic mass is 9.98. The van der Waals surface area contributed by atoms with E-state index in [1.54, 1.807) is 5.01 Å². The Morgan fingerprint density at radius 2 is 0.727 bits per heavy atom. The quantitative estimate of drug-likeness (QED) is 0.111. The van der Waals surface area contributed by atoms with E-state index >= 15 is 0 Å². The van der Waals surface area contributed by atoms with Crippen LogP contribution in [0.1, 0.15) is 25.7 Å². The summed E-state index contributed by atoms with van der Waals surface area (Å²) >= 11 is 0. The minimum absolute atomic E-state index is 0. The predicted octanol–water partition coefficient (Wildman–Crippen LogP) is 11.7. The third kappa shape index (κ3) is 7.38. The van der Waals surface area contributed by atoms with Gasteiger partial charge in [0.1, 0.15) is 0 Å². The van der Waals surface area contributed by atoms with Crippen LogP contribution in [0.25, 0.3) is 55.0 Å². The van der Waals surface area contributed by atoms with E-state index in [2.05, 4.69) is 130 Å². The van der Waals surface area contributed by atoms with Crippen molar-refractivity contribution in [1.29, 1.82) is 0 Å². The van der Waals surface area contributed by atoms with Gasteiger partial charge >= 0.3 is 0 Å². The number of nitrogens with zero attached hydrogens (tertiary/aromatic N) is 3. The molecule has 0 atom stereocenters. The first-order chi connectivity index (χ1) is 26.6. The fourth-order valence-electron chi connectivity index (χ4n) is 7.37. The average Bonchev–Trinajstić information content (AvgIpc) is 3.77. The Morgan fingerprint density at radius 3 is 1.09 bits per heavy atom. The highest BCUT2D eigenvalue weighted by Gasteiger charge is 2.21. The zero-order valence-electron chi connectivity index (χ0n) is 30.3. The van der Waals surface area contributed by atoms with Crippen molar-refractivity contribution in [3.05, 3.63) is 182 Å². The highest BCUT2D eigenvalue weighted by molar-refractivity contribution is 6.37. The molecule has 1 saturated carbocycles. The zero-order valence-corrected chi connectivity index (χ0v) is 31.1. The van der Waals surface area contributed by atoms with Crippen LogP contribution < -0.4 is 10.9 Å². The van der Waals surface area contributed by atoms with Crippen molar-refractivity contribution < 1.29 is 9.59 Å². The number of halogens is 1. The van der Waals surface area contributed by atoms with Crippen LogP contribution in [0.15, 0.2) is 182 Å². The van der Waals surface area contributed by atoms with Crippen LogP contribution in [0.4, 0.5) is 11.4 Å². The lowest BCUT2D eigenvalue weighted by Gasteiger charge is -2.18. The van der Waals surface area contributed by atoms with Gasteiger partial charge in [-0.1, -0.05) is 121 Å². The number of rotatable bonds is 4. The molecule has 2 N–H and O–H groups in total. The molecule has 0 bridgehead atoms. The van der Waals surface area contributed by atoms with Crippen LogP contribution in [0.2, 0.25) is 0 Å². The van der Waals surface area contributed by atoms with Crippen LogP contribution >= 0.6 is 12.4 Å². The van der Waals surface area contributed by atoms with Crippen LogP contribution in [-0.4, -0.2) is 20.7 Å². The number of carbonyl (C=O) groups is 2. The average molecular weight is 741 g/mol. The van der Waals surface area contributed by atoms with Crippen molar-refractivity contribution in [3.8, 4) is 11.4 Å². The van der Waals surface area contributed by atoms with Crippen molar-refractivity contribution in [2.75, 3.05) is 5.01 Å². The van der Waals surface area contributed by atoms with Gasteiger partial charge < -0.3 is 9.13 Å². The molecule has 1 fully saturated rings. The molecule has 0 saturated heterocycles. The van der Waals surface area contributed by atoms with E-state index in [4.69, 9.17) is 5.84 Å². The number of nitrogens with two attached hydrogens (primary N) is 1. The Kier molecular flexibility index (Phi) is 11.2. The summed E-state index contributed by atoms with van der Waals surface area (Å²) in [4.78, 5) is 20.9. The van der Waals surface area contributed by atoms with Crippen molar-refractivity contribution in [3.63, 3.8) is 0 Å². The van der Waals surface area contributed by atoms with Crippen LogP contribution in [0, 0.1) is 0 Å². The first-order valence-corrected chi connectivity index (χ1v) is 18.4. The topological polar surface area (TPSA) is 73.3 Å². The normalized spacial score (nSPS) is 12.5. The summed E-state index contributed by atoms with van der Waals surface area (Å²) in [7, 11) is 0. The molecule has 7 aromatic carbocycles. The summed E-state index contributed by atoms with van der Waals surface area (Å²) < 4.78 is 4.84. The van der Waals surface area contributed by atoms with Crippen LogP contribution in [0.5, 0.6) is 0 Å². The van der Waals surface area contributed by atoms with Crippen molar-refractivity contribution in [2.45, 2.75) is 25.7 Å². The van der Waals surface area contributed by atoms with Gasteiger partial charge in [-0.25, -0.2) is 5.84 Å². The van der Waals surface area contributed by atoms with E-state index in [1.807, 2.05) is 60.7 Å². The van der Waals surface area contributed by atoms with Gasteiger partial charge in [-0.2, -0.15) is 0 Å². The van der Waals surface area contributed by atoms with Gasteiger partial charge in [-0.3, -0.25) is 14.6 Å². The first-order valence-electron chi connectivity index (χ1n) is 18.4. The van der Waals surface area contributed by atoms with E-state index < -0.39 is 0 Å². The Balaban J connectivity index is 0.000000167. The molecule has 9 aromatic rings. The van der Waals surface area contributed by atoms with Crippen molar-refractivity contribution >= 4 is 79.0 Å². The molecule has 0 radical (unpaired) electrons. The maximum atomic E-state index is 10.4.